The Kier molecular flexibility index (Phi) is 5.36. The molecule has 1 fully saturated rings. The van der Waals surface area contributed by atoms with E-state index in [-0.39, 0.29) is 24.7 Å². The molecular weight excluding hydrogens is 392 g/mol. The Morgan fingerprint density at radius 2 is 2.07 bits per heavy atom. The van der Waals surface area contributed by atoms with E-state index in [1.165, 1.54) is 0 Å². The number of hydrogen-bond donors (Lipinski definition) is 2. The number of nitrogens with zero attached hydrogens (tertiary/aromatic N) is 3. The summed E-state index contributed by atoms with van der Waals surface area (Å²) >= 11 is 6.00. The standard InChI is InChI=1S/C21H21ClN4O3/c1-26-9-14(8-24-26)21-20(23)16(18(27)6-13-10-29-11-19(13)28)7-17(25-21)12-2-4-15(22)5-3-12/h2-5,7-9,13,19,28H,6,10-11,23H2,1H3/t13-,19-/m0/s1. The van der Waals surface area contributed by atoms with E-state index in [1.807, 2.05) is 12.1 Å². The molecular formula is C21H21ClN4O3. The molecule has 2 atom stereocenters. The smallest absolute Gasteiger partial charge is 0.165 e. The highest BCUT2D eigenvalue weighted by molar-refractivity contribution is 6.30. The third-order valence-corrected chi connectivity index (χ3v) is 5.34. The van der Waals surface area contributed by atoms with Gasteiger partial charge in [0, 0.05) is 47.3 Å². The number of aromatic nitrogens is 3. The highest BCUT2D eigenvalue weighted by Gasteiger charge is 2.30. The monoisotopic (exact) mass is 412 g/mol. The maximum absolute atomic E-state index is 13.1. The minimum atomic E-state index is -0.643. The van der Waals surface area contributed by atoms with Crippen molar-refractivity contribution in [3.8, 4) is 22.5 Å². The van der Waals surface area contributed by atoms with Gasteiger partial charge in [-0.15, -0.1) is 0 Å². The molecule has 0 bridgehead atoms. The van der Waals surface area contributed by atoms with E-state index >= 15 is 0 Å². The summed E-state index contributed by atoms with van der Waals surface area (Å²) in [4.78, 5) is 17.8. The zero-order valence-corrected chi connectivity index (χ0v) is 16.6. The van der Waals surface area contributed by atoms with Crippen molar-refractivity contribution in [2.24, 2.45) is 13.0 Å². The second-order valence-corrected chi connectivity index (χ2v) is 7.66. The number of halogens is 1. The number of ketones is 1. The van der Waals surface area contributed by atoms with Crippen molar-refractivity contribution in [2.45, 2.75) is 12.5 Å². The average molecular weight is 413 g/mol. The summed E-state index contributed by atoms with van der Waals surface area (Å²) in [7, 11) is 1.80. The number of pyridine rings is 1. The van der Waals surface area contributed by atoms with Crippen molar-refractivity contribution in [1.29, 1.82) is 0 Å². The first kappa shape index (κ1) is 19.6. The van der Waals surface area contributed by atoms with Crippen molar-refractivity contribution in [2.75, 3.05) is 18.9 Å². The Morgan fingerprint density at radius 1 is 1.31 bits per heavy atom. The topological polar surface area (TPSA) is 103 Å². The highest BCUT2D eigenvalue weighted by Crippen LogP contribution is 2.33. The van der Waals surface area contributed by atoms with Gasteiger partial charge in [0.05, 0.1) is 42.6 Å². The van der Waals surface area contributed by atoms with E-state index in [2.05, 4.69) is 5.10 Å². The van der Waals surface area contributed by atoms with Crippen LogP contribution in [-0.2, 0) is 11.8 Å². The number of nitrogens with two attached hydrogens (primary N) is 1. The van der Waals surface area contributed by atoms with Gasteiger partial charge in [-0.2, -0.15) is 5.10 Å². The summed E-state index contributed by atoms with van der Waals surface area (Å²) < 4.78 is 6.92. The fraction of sp³-hybridized carbons (Fsp3) is 0.286. The summed E-state index contributed by atoms with van der Waals surface area (Å²) in [5.74, 6) is -0.393. The number of nitrogen functional groups attached to an aromatic ring is 1. The van der Waals surface area contributed by atoms with Gasteiger partial charge in [0.15, 0.2) is 5.78 Å². The van der Waals surface area contributed by atoms with Gasteiger partial charge in [-0.05, 0) is 18.2 Å². The van der Waals surface area contributed by atoms with Crippen LogP contribution in [0.3, 0.4) is 0 Å². The Balaban J connectivity index is 1.79. The van der Waals surface area contributed by atoms with E-state index in [4.69, 9.17) is 27.1 Å². The molecule has 150 valence electrons. The normalized spacial score (nSPS) is 18.9. The number of aliphatic hydroxyl groups excluding tert-OH is 1. The van der Waals surface area contributed by atoms with E-state index in [9.17, 15) is 9.90 Å². The number of carbonyl (C=O) groups is 1. The number of benzene rings is 1. The predicted octanol–water partition coefficient (Wildman–Crippen LogP) is 2.96. The number of aliphatic hydroxyl groups is 1. The zero-order valence-electron chi connectivity index (χ0n) is 15.9. The van der Waals surface area contributed by atoms with Crippen LogP contribution < -0.4 is 5.73 Å². The Hall–Kier alpha value is -2.74. The van der Waals surface area contributed by atoms with Crippen LogP contribution in [0.5, 0.6) is 0 Å². The Morgan fingerprint density at radius 3 is 2.69 bits per heavy atom. The maximum Gasteiger partial charge on any atom is 0.165 e. The lowest BCUT2D eigenvalue weighted by Crippen LogP contribution is -2.21. The minimum Gasteiger partial charge on any atom is -0.396 e. The van der Waals surface area contributed by atoms with E-state index in [1.54, 1.807) is 42.3 Å². The molecule has 0 unspecified atom stereocenters. The summed E-state index contributed by atoms with van der Waals surface area (Å²) in [6.45, 7) is 0.609. The van der Waals surface area contributed by atoms with Crippen molar-refractivity contribution in [3.05, 3.63) is 53.3 Å². The number of Topliss-reactive ketones (excluding diaryl/α,β-unsaturated/α-hetero) is 1. The van der Waals surface area contributed by atoms with Gasteiger partial charge in [-0.3, -0.25) is 9.48 Å². The third-order valence-electron chi connectivity index (χ3n) is 5.09. The number of hydrogen-bond acceptors (Lipinski definition) is 6. The second-order valence-electron chi connectivity index (χ2n) is 7.22. The largest absolute Gasteiger partial charge is 0.396 e. The molecule has 8 heteroatoms. The first-order valence-electron chi connectivity index (χ1n) is 9.27. The van der Waals surface area contributed by atoms with E-state index in [0.29, 0.717) is 34.3 Å². The molecule has 3 N–H and O–H groups in total. The third kappa shape index (κ3) is 4.03. The summed E-state index contributed by atoms with van der Waals surface area (Å²) in [6, 6.07) is 8.93. The maximum atomic E-state index is 13.1. The van der Waals surface area contributed by atoms with Gasteiger partial charge >= 0.3 is 0 Å². The molecule has 0 amide bonds. The number of rotatable bonds is 5. The van der Waals surface area contributed by atoms with Crippen molar-refractivity contribution >= 4 is 23.1 Å². The number of anilines is 1. The fourth-order valence-corrected chi connectivity index (χ4v) is 3.57. The van der Waals surface area contributed by atoms with E-state index in [0.717, 1.165) is 11.1 Å². The van der Waals surface area contributed by atoms with Gasteiger partial charge < -0.3 is 15.6 Å². The summed E-state index contributed by atoms with van der Waals surface area (Å²) in [5.41, 5.74) is 9.70. The van der Waals surface area contributed by atoms with Crippen molar-refractivity contribution < 1.29 is 14.6 Å². The van der Waals surface area contributed by atoms with Crippen LogP contribution in [-0.4, -0.2) is 45.0 Å². The lowest BCUT2D eigenvalue weighted by molar-refractivity contribution is 0.0891. The van der Waals surface area contributed by atoms with Gasteiger partial charge in [0.2, 0.25) is 0 Å². The Labute approximate surface area is 173 Å². The lowest BCUT2D eigenvalue weighted by atomic mass is 9.93. The number of carbonyl (C=O) groups excluding carboxylic acids is 1. The predicted molar refractivity (Wildman–Crippen MR) is 111 cm³/mol. The van der Waals surface area contributed by atoms with Crippen LogP contribution >= 0.6 is 11.6 Å². The minimum absolute atomic E-state index is 0.153. The van der Waals surface area contributed by atoms with Crippen LogP contribution in [0, 0.1) is 5.92 Å². The summed E-state index contributed by atoms with van der Waals surface area (Å²) in [5, 5.41) is 14.8. The van der Waals surface area contributed by atoms with Crippen LogP contribution in [0.1, 0.15) is 16.8 Å². The fourth-order valence-electron chi connectivity index (χ4n) is 3.45. The number of ether oxygens (including phenoxy) is 1. The van der Waals surface area contributed by atoms with Crippen LogP contribution in [0.15, 0.2) is 42.7 Å². The van der Waals surface area contributed by atoms with Gasteiger partial charge in [-0.25, -0.2) is 4.98 Å². The molecule has 4 rings (SSSR count). The molecule has 0 spiro atoms. The quantitative estimate of drug-likeness (QED) is 0.624. The molecule has 1 aliphatic heterocycles. The van der Waals surface area contributed by atoms with Gasteiger partial charge in [0.25, 0.3) is 0 Å². The van der Waals surface area contributed by atoms with Crippen LogP contribution in [0.25, 0.3) is 22.5 Å². The molecule has 3 heterocycles. The first-order chi connectivity index (χ1) is 13.9. The molecule has 1 saturated heterocycles. The molecule has 3 aromatic rings. The molecule has 29 heavy (non-hydrogen) atoms. The zero-order chi connectivity index (χ0) is 20.5. The molecule has 7 nitrogen and oxygen atoms in total. The molecule has 0 saturated carbocycles. The van der Waals surface area contributed by atoms with Crippen molar-refractivity contribution in [1.82, 2.24) is 14.8 Å². The van der Waals surface area contributed by atoms with Gasteiger partial charge in [0.1, 0.15) is 0 Å². The van der Waals surface area contributed by atoms with Gasteiger partial charge in [-0.1, -0.05) is 23.7 Å². The van der Waals surface area contributed by atoms with E-state index < -0.39 is 6.10 Å². The number of aryl methyl sites for hydroxylation is 1. The molecule has 1 aliphatic rings. The highest BCUT2D eigenvalue weighted by atomic mass is 35.5. The molecule has 0 aliphatic carbocycles. The van der Waals surface area contributed by atoms with Crippen LogP contribution in [0.2, 0.25) is 5.02 Å². The van der Waals surface area contributed by atoms with Crippen molar-refractivity contribution in [3.63, 3.8) is 0 Å². The lowest BCUT2D eigenvalue weighted by Gasteiger charge is -2.15. The first-order valence-corrected chi connectivity index (χ1v) is 9.64. The summed E-state index contributed by atoms with van der Waals surface area (Å²) in [6.07, 6.45) is 2.97. The van der Waals surface area contributed by atoms with Crippen LogP contribution in [0.4, 0.5) is 5.69 Å². The molecule has 0 radical (unpaired) electrons. The average Bonchev–Trinajstić information content (AvgIpc) is 3.31. The molecule has 1 aromatic carbocycles. The molecule has 2 aromatic heterocycles. The SMILES string of the molecule is Cn1cc(-c2nc(-c3ccc(Cl)cc3)cc(C(=O)C[C@H]3COC[C@@H]3O)c2N)cn1. The second kappa shape index (κ2) is 7.94. The Bertz CT molecular complexity index is 1050.